The van der Waals surface area contributed by atoms with E-state index in [1.54, 1.807) is 24.3 Å². The Morgan fingerprint density at radius 1 is 1.26 bits per heavy atom. The van der Waals surface area contributed by atoms with E-state index >= 15 is 0 Å². The Balaban J connectivity index is 1.79. The molecular formula is C13H15N3O3. The minimum atomic E-state index is -0.756. The molecule has 1 unspecified atom stereocenters. The van der Waals surface area contributed by atoms with Gasteiger partial charge in [0, 0.05) is 6.54 Å². The van der Waals surface area contributed by atoms with Gasteiger partial charge in [0.15, 0.2) is 0 Å². The summed E-state index contributed by atoms with van der Waals surface area (Å²) in [6.45, 7) is 1.45. The lowest BCUT2D eigenvalue weighted by atomic mass is 9.99. The molecule has 0 aromatic heterocycles. The van der Waals surface area contributed by atoms with Crippen LogP contribution < -0.4 is 10.6 Å². The summed E-state index contributed by atoms with van der Waals surface area (Å²) in [6.07, 6.45) is 0.629. The minimum absolute atomic E-state index is 0.164. The lowest BCUT2D eigenvalue weighted by Crippen LogP contribution is -2.48. The topological polar surface area (TPSA) is 81.7 Å². The van der Waals surface area contributed by atoms with Crippen LogP contribution in [0.25, 0.3) is 0 Å². The lowest BCUT2D eigenvalue weighted by molar-refractivity contribution is -0.131. The number of phenols is 1. The van der Waals surface area contributed by atoms with Crippen molar-refractivity contribution in [2.75, 3.05) is 13.1 Å². The predicted molar refractivity (Wildman–Crippen MR) is 67.4 cm³/mol. The second-order valence-electron chi connectivity index (χ2n) is 5.00. The van der Waals surface area contributed by atoms with Gasteiger partial charge in [0.2, 0.25) is 0 Å². The molecule has 1 spiro atoms. The Morgan fingerprint density at radius 3 is 2.63 bits per heavy atom. The number of nitrogens with zero attached hydrogens (tertiary/aromatic N) is 1. The zero-order valence-electron chi connectivity index (χ0n) is 10.3. The minimum Gasteiger partial charge on any atom is -0.508 e. The molecule has 6 nitrogen and oxygen atoms in total. The van der Waals surface area contributed by atoms with E-state index in [4.69, 9.17) is 0 Å². The third-order valence-electron chi connectivity index (χ3n) is 3.68. The first-order valence-corrected chi connectivity index (χ1v) is 6.23. The summed E-state index contributed by atoms with van der Waals surface area (Å²) < 4.78 is 0. The quantitative estimate of drug-likeness (QED) is 0.663. The summed E-state index contributed by atoms with van der Waals surface area (Å²) in [6, 6.07) is 6.14. The summed E-state index contributed by atoms with van der Waals surface area (Å²) in [5.74, 6) is -0.00649. The van der Waals surface area contributed by atoms with Crippen molar-refractivity contribution >= 4 is 11.9 Å². The average Bonchev–Trinajstić information content (AvgIpc) is 2.94. The Kier molecular flexibility index (Phi) is 2.67. The fraction of sp³-hybridized carbons (Fsp3) is 0.385. The van der Waals surface area contributed by atoms with Gasteiger partial charge in [-0.1, -0.05) is 12.1 Å². The molecule has 1 atom stereocenters. The molecule has 3 N–H and O–H groups in total. The average molecular weight is 261 g/mol. The predicted octanol–water partition coefficient (Wildman–Crippen LogP) is 0.176. The van der Waals surface area contributed by atoms with Gasteiger partial charge in [-0.15, -0.1) is 0 Å². The Morgan fingerprint density at radius 2 is 2.00 bits per heavy atom. The van der Waals surface area contributed by atoms with E-state index in [0.29, 0.717) is 13.0 Å². The van der Waals surface area contributed by atoms with Crippen molar-refractivity contribution in [2.45, 2.75) is 18.5 Å². The number of rotatable bonds is 2. The van der Waals surface area contributed by atoms with Crippen LogP contribution in [0.1, 0.15) is 12.0 Å². The van der Waals surface area contributed by atoms with Gasteiger partial charge in [-0.25, -0.2) is 4.79 Å². The first-order chi connectivity index (χ1) is 9.11. The highest BCUT2D eigenvalue weighted by Crippen LogP contribution is 2.25. The molecule has 19 heavy (non-hydrogen) atoms. The number of imide groups is 1. The van der Waals surface area contributed by atoms with Crippen LogP contribution in [0.2, 0.25) is 0 Å². The van der Waals surface area contributed by atoms with Crippen LogP contribution in [-0.2, 0) is 11.3 Å². The van der Waals surface area contributed by atoms with E-state index in [-0.39, 0.29) is 24.2 Å². The largest absolute Gasteiger partial charge is 0.508 e. The monoisotopic (exact) mass is 261 g/mol. The van der Waals surface area contributed by atoms with E-state index < -0.39 is 5.54 Å². The van der Waals surface area contributed by atoms with Crippen LogP contribution in [0.3, 0.4) is 0 Å². The number of hydrogen-bond donors (Lipinski definition) is 3. The van der Waals surface area contributed by atoms with Gasteiger partial charge in [0.1, 0.15) is 11.3 Å². The van der Waals surface area contributed by atoms with Crippen molar-refractivity contribution in [1.82, 2.24) is 15.5 Å². The summed E-state index contributed by atoms with van der Waals surface area (Å²) in [5.41, 5.74) is 0.0536. The van der Waals surface area contributed by atoms with Gasteiger partial charge in [-0.3, -0.25) is 9.69 Å². The third kappa shape index (κ3) is 1.94. The van der Waals surface area contributed by atoms with Crippen LogP contribution >= 0.6 is 0 Å². The van der Waals surface area contributed by atoms with Crippen LogP contribution in [-0.4, -0.2) is 40.6 Å². The summed E-state index contributed by atoms with van der Waals surface area (Å²) in [5, 5.41) is 15.1. The smallest absolute Gasteiger partial charge is 0.325 e. The first-order valence-electron chi connectivity index (χ1n) is 6.23. The number of urea groups is 1. The molecule has 2 heterocycles. The molecule has 0 bridgehead atoms. The van der Waals surface area contributed by atoms with Crippen LogP contribution in [0.4, 0.5) is 4.79 Å². The molecule has 2 aliphatic rings. The highest BCUT2D eigenvalue weighted by atomic mass is 16.3. The highest BCUT2D eigenvalue weighted by Gasteiger charge is 2.52. The van der Waals surface area contributed by atoms with Crippen LogP contribution in [0.5, 0.6) is 5.75 Å². The number of carbonyl (C=O) groups is 2. The standard InChI is InChI=1S/C13H15N3O3/c17-10-3-1-9(2-4-10)7-16-11(18)13(15-12(16)19)5-6-14-8-13/h1-4,14,17H,5-8H2,(H,15,19). The van der Waals surface area contributed by atoms with E-state index in [2.05, 4.69) is 10.6 Å². The van der Waals surface area contributed by atoms with Crippen LogP contribution in [0.15, 0.2) is 24.3 Å². The summed E-state index contributed by atoms with van der Waals surface area (Å²) in [4.78, 5) is 25.5. The molecular weight excluding hydrogens is 246 g/mol. The van der Waals surface area contributed by atoms with Gasteiger partial charge in [0.05, 0.1) is 6.54 Å². The molecule has 0 radical (unpaired) electrons. The maximum absolute atomic E-state index is 12.4. The Bertz CT molecular complexity index is 520. The number of amides is 3. The Hall–Kier alpha value is -2.08. The molecule has 2 fully saturated rings. The fourth-order valence-corrected chi connectivity index (χ4v) is 2.58. The molecule has 6 heteroatoms. The fourth-order valence-electron chi connectivity index (χ4n) is 2.58. The number of carbonyl (C=O) groups excluding carboxylic acids is 2. The molecule has 3 rings (SSSR count). The molecule has 0 saturated carbocycles. The lowest BCUT2D eigenvalue weighted by Gasteiger charge is -2.19. The van der Waals surface area contributed by atoms with Gasteiger partial charge in [-0.2, -0.15) is 0 Å². The number of hydrogen-bond acceptors (Lipinski definition) is 4. The molecule has 3 amide bonds. The first kappa shape index (κ1) is 12.0. The molecule has 100 valence electrons. The maximum Gasteiger partial charge on any atom is 0.325 e. The number of phenolic OH excluding ortho intramolecular Hbond substituents is 1. The third-order valence-corrected chi connectivity index (χ3v) is 3.68. The zero-order valence-corrected chi connectivity index (χ0v) is 10.3. The van der Waals surface area contributed by atoms with Crippen molar-refractivity contribution in [3.05, 3.63) is 29.8 Å². The van der Waals surface area contributed by atoms with Crippen molar-refractivity contribution < 1.29 is 14.7 Å². The van der Waals surface area contributed by atoms with Gasteiger partial charge < -0.3 is 15.7 Å². The second kappa shape index (κ2) is 4.24. The van der Waals surface area contributed by atoms with Crippen molar-refractivity contribution in [2.24, 2.45) is 0 Å². The number of aromatic hydroxyl groups is 1. The molecule has 0 aliphatic carbocycles. The SMILES string of the molecule is O=C1NC2(CCNC2)C(=O)N1Cc1ccc(O)cc1. The molecule has 2 aliphatic heterocycles. The van der Waals surface area contributed by atoms with Crippen molar-refractivity contribution in [1.29, 1.82) is 0 Å². The highest BCUT2D eigenvalue weighted by molar-refractivity contribution is 6.07. The van der Waals surface area contributed by atoms with Gasteiger partial charge >= 0.3 is 6.03 Å². The molecule has 1 aromatic carbocycles. The van der Waals surface area contributed by atoms with Gasteiger partial charge in [-0.05, 0) is 30.7 Å². The van der Waals surface area contributed by atoms with E-state index in [0.717, 1.165) is 12.1 Å². The maximum atomic E-state index is 12.4. The number of nitrogens with one attached hydrogen (secondary N) is 2. The molecule has 2 saturated heterocycles. The van der Waals surface area contributed by atoms with E-state index in [1.165, 1.54) is 4.90 Å². The van der Waals surface area contributed by atoms with Crippen molar-refractivity contribution in [3.8, 4) is 5.75 Å². The van der Waals surface area contributed by atoms with E-state index in [9.17, 15) is 14.7 Å². The van der Waals surface area contributed by atoms with Crippen LogP contribution in [0, 0.1) is 0 Å². The molecule has 1 aromatic rings. The summed E-state index contributed by atoms with van der Waals surface area (Å²) in [7, 11) is 0. The van der Waals surface area contributed by atoms with Gasteiger partial charge in [0.25, 0.3) is 5.91 Å². The van der Waals surface area contributed by atoms with E-state index in [1.807, 2.05) is 0 Å². The Labute approximate surface area is 110 Å². The van der Waals surface area contributed by atoms with Crippen molar-refractivity contribution in [3.63, 3.8) is 0 Å². The normalized spacial score (nSPS) is 26.2. The number of benzene rings is 1. The second-order valence-corrected chi connectivity index (χ2v) is 5.00. The zero-order chi connectivity index (χ0) is 13.5. The summed E-state index contributed by atoms with van der Waals surface area (Å²) >= 11 is 0.